The first kappa shape index (κ1) is 15.4. The van der Waals surface area contributed by atoms with Crippen LogP contribution in [-0.4, -0.2) is 34.4 Å². The van der Waals surface area contributed by atoms with Gasteiger partial charge in [-0.2, -0.15) is 5.10 Å². The van der Waals surface area contributed by atoms with E-state index in [0.717, 1.165) is 31.9 Å². The number of hydrogen-bond acceptors (Lipinski definition) is 4. The van der Waals surface area contributed by atoms with E-state index in [0.29, 0.717) is 12.1 Å². The van der Waals surface area contributed by atoms with Gasteiger partial charge in [-0.3, -0.25) is 9.58 Å². The van der Waals surface area contributed by atoms with E-state index in [1.54, 1.807) is 0 Å². The first-order chi connectivity index (χ1) is 11.2. The Balaban J connectivity index is 1.32. The minimum absolute atomic E-state index is 0.348. The molecule has 2 aliphatic rings. The van der Waals surface area contributed by atoms with Gasteiger partial charge in [0.25, 0.3) is 0 Å². The lowest BCUT2D eigenvalue weighted by molar-refractivity contribution is 0.0172. The van der Waals surface area contributed by atoms with Crippen LogP contribution in [0.4, 0.5) is 0 Å². The fourth-order valence-corrected chi connectivity index (χ4v) is 4.82. The summed E-state index contributed by atoms with van der Waals surface area (Å²) in [4.78, 5) is 5.38. The third-order valence-electron chi connectivity index (χ3n) is 4.89. The van der Waals surface area contributed by atoms with Gasteiger partial charge in [-0.05, 0) is 51.3 Å². The quantitative estimate of drug-likeness (QED) is 0.852. The highest BCUT2D eigenvalue weighted by Crippen LogP contribution is 2.34. The number of ether oxygens (including phenoxy) is 1. The molecule has 2 aliphatic heterocycles. The van der Waals surface area contributed by atoms with Crippen LogP contribution in [0.25, 0.3) is 0 Å². The third kappa shape index (κ3) is 3.23. The zero-order valence-corrected chi connectivity index (χ0v) is 14.8. The summed E-state index contributed by atoms with van der Waals surface area (Å²) in [5.74, 6) is 0. The number of aromatic nitrogens is 2. The molecule has 2 fully saturated rings. The van der Waals surface area contributed by atoms with Gasteiger partial charge < -0.3 is 4.74 Å². The predicted molar refractivity (Wildman–Crippen MR) is 92.9 cm³/mol. The van der Waals surface area contributed by atoms with Crippen LogP contribution in [0, 0.1) is 13.8 Å². The maximum absolute atomic E-state index is 5.90. The number of thiophene rings is 1. The predicted octanol–water partition coefficient (Wildman–Crippen LogP) is 3.86. The highest BCUT2D eigenvalue weighted by molar-refractivity contribution is 7.12. The van der Waals surface area contributed by atoms with Crippen LogP contribution in [0.2, 0.25) is 0 Å². The van der Waals surface area contributed by atoms with E-state index in [1.165, 1.54) is 34.7 Å². The normalized spacial score (nSPS) is 23.1. The van der Waals surface area contributed by atoms with Gasteiger partial charge >= 0.3 is 0 Å². The number of rotatable bonds is 4. The zero-order chi connectivity index (χ0) is 15.8. The second kappa shape index (κ2) is 6.38. The average molecular weight is 331 g/mol. The monoisotopic (exact) mass is 331 g/mol. The number of nitrogens with zero attached hydrogens (tertiary/aromatic N) is 3. The van der Waals surface area contributed by atoms with Crippen LogP contribution in [-0.2, 0) is 11.3 Å². The molecule has 0 N–H and O–H groups in total. The van der Waals surface area contributed by atoms with Crippen molar-refractivity contribution < 1.29 is 4.74 Å². The summed E-state index contributed by atoms with van der Waals surface area (Å²) in [6.45, 7) is 8.42. The topological polar surface area (TPSA) is 30.3 Å². The molecule has 4 nitrogen and oxygen atoms in total. The molecule has 0 amide bonds. The maximum atomic E-state index is 5.90. The van der Waals surface area contributed by atoms with Crippen molar-refractivity contribution >= 4 is 11.3 Å². The van der Waals surface area contributed by atoms with Crippen molar-refractivity contribution in [1.29, 1.82) is 0 Å². The van der Waals surface area contributed by atoms with Crippen molar-refractivity contribution in [3.05, 3.63) is 39.3 Å². The van der Waals surface area contributed by atoms with Gasteiger partial charge in [0.15, 0.2) is 0 Å². The Morgan fingerprint density at radius 3 is 2.83 bits per heavy atom. The Hall–Kier alpha value is -1.17. The lowest BCUT2D eigenvalue weighted by Crippen LogP contribution is -2.47. The molecule has 0 spiro atoms. The van der Waals surface area contributed by atoms with Crippen molar-refractivity contribution in [2.45, 2.75) is 51.8 Å². The van der Waals surface area contributed by atoms with Crippen molar-refractivity contribution in [2.75, 3.05) is 19.7 Å². The Bertz CT molecular complexity index is 666. The van der Waals surface area contributed by atoms with Crippen LogP contribution in [0.1, 0.15) is 52.6 Å². The van der Waals surface area contributed by atoms with Gasteiger partial charge in [-0.1, -0.05) is 0 Å². The van der Waals surface area contributed by atoms with Crippen LogP contribution < -0.4 is 0 Å². The van der Waals surface area contributed by atoms with Crippen molar-refractivity contribution in [3.63, 3.8) is 0 Å². The summed E-state index contributed by atoms with van der Waals surface area (Å²) >= 11 is 1.93. The lowest BCUT2D eigenvalue weighted by atomic mass is 10.1. The summed E-state index contributed by atoms with van der Waals surface area (Å²) < 4.78 is 8.09. The Morgan fingerprint density at radius 2 is 2.13 bits per heavy atom. The Morgan fingerprint density at radius 1 is 1.26 bits per heavy atom. The smallest absolute Gasteiger partial charge is 0.0916 e. The first-order valence-corrected chi connectivity index (χ1v) is 9.46. The standard InChI is InChI=1S/C18H25N3OS/c1-13-9-14(2)21(19-13)15-10-20(11-15)12-16-6-7-18(23-16)17-5-3-4-8-22-17/h6-7,9,15,17H,3-5,8,10-12H2,1-2H3/t17-/m0/s1. The summed E-state index contributed by atoms with van der Waals surface area (Å²) in [6, 6.07) is 7.27. The van der Waals surface area contributed by atoms with Gasteiger partial charge in [0, 0.05) is 41.7 Å². The second-order valence-electron chi connectivity index (χ2n) is 6.88. The van der Waals surface area contributed by atoms with Gasteiger partial charge in [0.1, 0.15) is 0 Å². The average Bonchev–Trinajstić information content (AvgIpc) is 3.10. The molecule has 1 atom stereocenters. The minimum atomic E-state index is 0.348. The van der Waals surface area contributed by atoms with E-state index < -0.39 is 0 Å². The second-order valence-corrected chi connectivity index (χ2v) is 8.08. The molecule has 0 saturated carbocycles. The molecule has 0 aliphatic carbocycles. The van der Waals surface area contributed by atoms with Crippen molar-refractivity contribution in [1.82, 2.24) is 14.7 Å². The summed E-state index contributed by atoms with van der Waals surface area (Å²) in [5.41, 5.74) is 2.40. The first-order valence-electron chi connectivity index (χ1n) is 8.64. The number of aryl methyl sites for hydroxylation is 2. The van der Waals surface area contributed by atoms with Gasteiger partial charge in [0.2, 0.25) is 0 Å². The van der Waals surface area contributed by atoms with Crippen LogP contribution in [0.3, 0.4) is 0 Å². The molecule has 23 heavy (non-hydrogen) atoms. The van der Waals surface area contributed by atoms with Crippen LogP contribution in [0.5, 0.6) is 0 Å². The molecule has 4 heterocycles. The van der Waals surface area contributed by atoms with Crippen LogP contribution in [0.15, 0.2) is 18.2 Å². The molecular weight excluding hydrogens is 306 g/mol. The SMILES string of the molecule is Cc1cc(C)n(C2CN(Cc3ccc([C@@H]4CCCCO4)s3)C2)n1. The summed E-state index contributed by atoms with van der Waals surface area (Å²) in [6.07, 6.45) is 4.05. The highest BCUT2D eigenvalue weighted by atomic mass is 32.1. The van der Waals surface area contributed by atoms with E-state index in [4.69, 9.17) is 4.74 Å². The van der Waals surface area contributed by atoms with Crippen molar-refractivity contribution in [2.24, 2.45) is 0 Å². The molecule has 0 bridgehead atoms. The fraction of sp³-hybridized carbons (Fsp3) is 0.611. The molecule has 2 saturated heterocycles. The molecule has 2 aromatic heterocycles. The molecule has 0 radical (unpaired) electrons. The third-order valence-corrected chi connectivity index (χ3v) is 6.05. The van der Waals surface area contributed by atoms with Gasteiger partial charge in [-0.25, -0.2) is 0 Å². The summed E-state index contributed by atoms with van der Waals surface area (Å²) in [7, 11) is 0. The lowest BCUT2D eigenvalue weighted by Gasteiger charge is -2.39. The maximum Gasteiger partial charge on any atom is 0.0916 e. The van der Waals surface area contributed by atoms with E-state index in [9.17, 15) is 0 Å². The fourth-order valence-electron chi connectivity index (χ4n) is 3.68. The van der Waals surface area contributed by atoms with E-state index >= 15 is 0 Å². The van der Waals surface area contributed by atoms with Crippen LogP contribution >= 0.6 is 11.3 Å². The molecule has 2 aromatic rings. The number of hydrogen-bond donors (Lipinski definition) is 0. The molecular formula is C18H25N3OS. The Labute approximate surface area is 142 Å². The Kier molecular flexibility index (Phi) is 4.26. The largest absolute Gasteiger partial charge is 0.373 e. The molecule has 4 rings (SSSR count). The van der Waals surface area contributed by atoms with Gasteiger partial charge in [0.05, 0.1) is 17.8 Å². The van der Waals surface area contributed by atoms with E-state index in [2.05, 4.69) is 46.7 Å². The molecule has 0 unspecified atom stereocenters. The van der Waals surface area contributed by atoms with Gasteiger partial charge in [-0.15, -0.1) is 11.3 Å². The minimum Gasteiger partial charge on any atom is -0.373 e. The molecule has 0 aromatic carbocycles. The molecule has 5 heteroatoms. The zero-order valence-electron chi connectivity index (χ0n) is 14.0. The van der Waals surface area contributed by atoms with E-state index in [1.807, 2.05) is 11.3 Å². The summed E-state index contributed by atoms with van der Waals surface area (Å²) in [5, 5.41) is 4.62. The van der Waals surface area contributed by atoms with Crippen molar-refractivity contribution in [3.8, 4) is 0 Å². The highest BCUT2D eigenvalue weighted by Gasteiger charge is 2.30. The molecule has 124 valence electrons. The van der Waals surface area contributed by atoms with E-state index in [-0.39, 0.29) is 0 Å². The number of likely N-dealkylation sites (tertiary alicyclic amines) is 1.